The highest BCUT2D eigenvalue weighted by atomic mass is 32.2. The topological polar surface area (TPSA) is 123 Å². The molecule has 0 radical (unpaired) electrons. The number of carbonyl (C=O) groups excluding carboxylic acids is 2. The molecule has 23 heavy (non-hydrogen) atoms. The fourth-order valence-corrected chi connectivity index (χ4v) is 2.89. The maximum atomic E-state index is 12.3. The lowest BCUT2D eigenvalue weighted by Crippen LogP contribution is -2.44. The summed E-state index contributed by atoms with van der Waals surface area (Å²) in [6.07, 6.45) is 3.75. The van der Waals surface area contributed by atoms with E-state index in [1.165, 1.54) is 18.0 Å². The Morgan fingerprint density at radius 3 is 2.87 bits per heavy atom. The molecule has 1 atom stereocenters. The molecule has 1 N–H and O–H groups in total. The molecule has 2 rings (SSSR count). The predicted octanol–water partition coefficient (Wildman–Crippen LogP) is -0.939. The third-order valence-corrected chi connectivity index (χ3v) is 4.01. The number of ether oxygens (including phenoxy) is 1. The molecule has 0 saturated carbocycles. The summed E-state index contributed by atoms with van der Waals surface area (Å²) in [5.74, 6) is -0.792. The summed E-state index contributed by atoms with van der Waals surface area (Å²) >= 11 is 0. The molecule has 1 aromatic rings. The van der Waals surface area contributed by atoms with Gasteiger partial charge in [0, 0.05) is 13.1 Å². The second kappa shape index (κ2) is 6.94. The molecule has 1 fully saturated rings. The van der Waals surface area contributed by atoms with Crippen LogP contribution in [0.25, 0.3) is 0 Å². The van der Waals surface area contributed by atoms with Crippen LogP contribution in [0.2, 0.25) is 0 Å². The number of aromatic nitrogens is 3. The first-order valence-corrected chi connectivity index (χ1v) is 8.91. The van der Waals surface area contributed by atoms with Crippen LogP contribution in [0.15, 0.2) is 6.20 Å². The highest BCUT2D eigenvalue weighted by molar-refractivity contribution is 7.92. The number of nitrogens with one attached hydrogen (secondary N) is 1. The molecule has 0 bridgehead atoms. The van der Waals surface area contributed by atoms with Gasteiger partial charge in [0.2, 0.25) is 15.9 Å². The van der Waals surface area contributed by atoms with Crippen molar-refractivity contribution in [2.45, 2.75) is 19.4 Å². The van der Waals surface area contributed by atoms with Crippen molar-refractivity contribution in [3.8, 4) is 0 Å². The fourth-order valence-electron chi connectivity index (χ4n) is 2.41. The number of hydrogen-bond donors (Lipinski definition) is 1. The van der Waals surface area contributed by atoms with E-state index in [1.54, 1.807) is 4.90 Å². The first-order chi connectivity index (χ1) is 10.8. The Morgan fingerprint density at radius 1 is 1.48 bits per heavy atom. The third-order valence-electron chi connectivity index (χ3n) is 3.43. The summed E-state index contributed by atoms with van der Waals surface area (Å²) in [6, 6.07) is 0. The minimum Gasteiger partial charge on any atom is -0.469 e. The Balaban J connectivity index is 1.95. The molecule has 1 amide bonds. The minimum atomic E-state index is -3.45. The quantitative estimate of drug-likeness (QED) is 0.683. The van der Waals surface area contributed by atoms with Crippen molar-refractivity contribution in [1.29, 1.82) is 0 Å². The number of nitrogens with zero attached hydrogens (tertiary/aromatic N) is 4. The van der Waals surface area contributed by atoms with Gasteiger partial charge in [-0.3, -0.25) is 14.3 Å². The summed E-state index contributed by atoms with van der Waals surface area (Å²) in [4.78, 5) is 25.4. The van der Waals surface area contributed by atoms with Crippen LogP contribution < -0.4 is 4.72 Å². The van der Waals surface area contributed by atoms with Crippen molar-refractivity contribution < 1.29 is 22.7 Å². The Hall–Kier alpha value is -2.17. The zero-order chi connectivity index (χ0) is 17.0. The summed E-state index contributed by atoms with van der Waals surface area (Å²) in [5.41, 5.74) is 0. The molecule has 10 nitrogen and oxygen atoms in total. The summed E-state index contributed by atoms with van der Waals surface area (Å²) in [6.45, 7) is 0.802. The standard InChI is InChI=1S/C12H19N5O5S/c1-22-12(19)9-4-3-5-16(6-9)11(18)8-17-7-10(13-15-17)14-23(2,20)21/h7,9,14H,3-6,8H2,1-2H3. The van der Waals surface area contributed by atoms with E-state index in [4.69, 9.17) is 4.74 Å². The zero-order valence-corrected chi connectivity index (χ0v) is 13.7. The van der Waals surface area contributed by atoms with Crippen LogP contribution in [0.1, 0.15) is 12.8 Å². The van der Waals surface area contributed by atoms with Crippen LogP contribution in [-0.4, -0.2) is 66.6 Å². The van der Waals surface area contributed by atoms with Crippen molar-refractivity contribution in [1.82, 2.24) is 19.9 Å². The Labute approximate surface area is 133 Å². The van der Waals surface area contributed by atoms with E-state index in [-0.39, 0.29) is 30.2 Å². The number of sulfonamides is 1. The van der Waals surface area contributed by atoms with Gasteiger partial charge < -0.3 is 9.64 Å². The van der Waals surface area contributed by atoms with Gasteiger partial charge in [0.05, 0.1) is 25.5 Å². The molecule has 2 heterocycles. The van der Waals surface area contributed by atoms with Crippen molar-refractivity contribution >= 4 is 27.7 Å². The molecule has 11 heteroatoms. The van der Waals surface area contributed by atoms with Gasteiger partial charge in [0.15, 0.2) is 5.82 Å². The number of carbonyl (C=O) groups is 2. The van der Waals surface area contributed by atoms with Crippen LogP contribution >= 0.6 is 0 Å². The molecule has 1 unspecified atom stereocenters. The van der Waals surface area contributed by atoms with Crippen LogP contribution in [0.3, 0.4) is 0 Å². The number of anilines is 1. The highest BCUT2D eigenvalue weighted by Crippen LogP contribution is 2.18. The number of esters is 1. The van der Waals surface area contributed by atoms with Crippen molar-refractivity contribution in [3.63, 3.8) is 0 Å². The maximum absolute atomic E-state index is 12.3. The average Bonchev–Trinajstić information content (AvgIpc) is 2.91. The SMILES string of the molecule is COC(=O)C1CCCN(C(=O)Cn2cc(NS(C)(=O)=O)nn2)C1. The number of rotatable bonds is 5. The first-order valence-electron chi connectivity index (χ1n) is 7.02. The minimum absolute atomic E-state index is 0.0476. The molecule has 0 aliphatic carbocycles. The number of amides is 1. The molecule has 1 aromatic heterocycles. The molecule has 1 aliphatic rings. The van der Waals surface area contributed by atoms with E-state index < -0.39 is 10.0 Å². The van der Waals surface area contributed by atoms with Gasteiger partial charge in [0.25, 0.3) is 0 Å². The van der Waals surface area contributed by atoms with E-state index >= 15 is 0 Å². The number of likely N-dealkylation sites (tertiary alicyclic amines) is 1. The van der Waals surface area contributed by atoms with Gasteiger partial charge in [-0.15, -0.1) is 5.10 Å². The largest absolute Gasteiger partial charge is 0.469 e. The zero-order valence-electron chi connectivity index (χ0n) is 12.9. The van der Waals surface area contributed by atoms with Crippen LogP contribution in [-0.2, 0) is 30.9 Å². The van der Waals surface area contributed by atoms with Crippen molar-refractivity contribution in [2.75, 3.05) is 31.2 Å². The van der Waals surface area contributed by atoms with Gasteiger partial charge in [-0.25, -0.2) is 13.1 Å². The summed E-state index contributed by atoms with van der Waals surface area (Å²) in [5, 5.41) is 7.34. The lowest BCUT2D eigenvalue weighted by molar-refractivity contribution is -0.149. The number of methoxy groups -OCH3 is 1. The Morgan fingerprint density at radius 2 is 2.22 bits per heavy atom. The highest BCUT2D eigenvalue weighted by Gasteiger charge is 2.29. The lowest BCUT2D eigenvalue weighted by atomic mass is 9.98. The second-order valence-electron chi connectivity index (χ2n) is 5.38. The van der Waals surface area contributed by atoms with Crippen molar-refractivity contribution in [2.24, 2.45) is 5.92 Å². The molecule has 0 spiro atoms. The first kappa shape index (κ1) is 17.2. The Kier molecular flexibility index (Phi) is 5.19. The van der Waals surface area contributed by atoms with Crippen molar-refractivity contribution in [3.05, 3.63) is 6.20 Å². The van der Waals surface area contributed by atoms with E-state index in [9.17, 15) is 18.0 Å². The summed E-state index contributed by atoms with van der Waals surface area (Å²) in [7, 11) is -2.12. The van der Waals surface area contributed by atoms with E-state index in [0.29, 0.717) is 19.5 Å². The van der Waals surface area contributed by atoms with E-state index in [1.807, 2.05) is 0 Å². The Bertz CT molecular complexity index is 686. The van der Waals surface area contributed by atoms with E-state index in [0.717, 1.165) is 12.7 Å². The normalized spacial score (nSPS) is 18.5. The second-order valence-corrected chi connectivity index (χ2v) is 7.13. The lowest BCUT2D eigenvalue weighted by Gasteiger charge is -2.31. The maximum Gasteiger partial charge on any atom is 0.310 e. The average molecular weight is 345 g/mol. The van der Waals surface area contributed by atoms with Gasteiger partial charge >= 0.3 is 5.97 Å². The van der Waals surface area contributed by atoms with Crippen LogP contribution in [0, 0.1) is 5.92 Å². The third kappa shape index (κ3) is 4.91. The number of hydrogen-bond acceptors (Lipinski definition) is 7. The van der Waals surface area contributed by atoms with Crippen LogP contribution in [0.5, 0.6) is 0 Å². The van der Waals surface area contributed by atoms with E-state index in [2.05, 4.69) is 15.0 Å². The molecule has 128 valence electrons. The van der Waals surface area contributed by atoms with Gasteiger partial charge in [-0.2, -0.15) is 0 Å². The van der Waals surface area contributed by atoms with Gasteiger partial charge in [-0.05, 0) is 12.8 Å². The number of piperidine rings is 1. The molecular weight excluding hydrogens is 326 g/mol. The predicted molar refractivity (Wildman–Crippen MR) is 79.8 cm³/mol. The molecule has 1 saturated heterocycles. The van der Waals surface area contributed by atoms with Crippen LogP contribution in [0.4, 0.5) is 5.82 Å². The molecule has 1 aliphatic heterocycles. The molecule has 0 aromatic carbocycles. The van der Waals surface area contributed by atoms with Gasteiger partial charge in [-0.1, -0.05) is 5.21 Å². The monoisotopic (exact) mass is 345 g/mol. The van der Waals surface area contributed by atoms with Gasteiger partial charge in [0.1, 0.15) is 6.54 Å². The summed E-state index contributed by atoms with van der Waals surface area (Å²) < 4.78 is 30.3. The fraction of sp³-hybridized carbons (Fsp3) is 0.667. The molecular formula is C12H19N5O5S. The smallest absolute Gasteiger partial charge is 0.310 e.